The van der Waals surface area contributed by atoms with E-state index < -0.39 is 0 Å². The molecule has 1 aromatic carbocycles. The monoisotopic (exact) mass is 448 g/mol. The topological polar surface area (TPSA) is 25.8 Å². The summed E-state index contributed by atoms with van der Waals surface area (Å²) < 4.78 is 2.38. The Kier molecular flexibility index (Phi) is 5.88. The zero-order valence-corrected chi connectivity index (χ0v) is 17.4. The Morgan fingerprint density at radius 3 is 2.21 bits per heavy atom. The highest BCUT2D eigenvalue weighted by atomic mass is 79.9. The fourth-order valence-electron chi connectivity index (χ4n) is 3.06. The number of aromatic nitrogens is 2. The fraction of sp³-hybridized carbons (Fsp3) is 0.400. The first-order valence-electron chi connectivity index (χ1n) is 8.72. The van der Waals surface area contributed by atoms with Crippen molar-refractivity contribution in [2.75, 3.05) is 0 Å². The summed E-state index contributed by atoms with van der Waals surface area (Å²) in [6, 6.07) is 8.11. The van der Waals surface area contributed by atoms with Crippen LogP contribution in [0.2, 0.25) is 0 Å². The van der Waals surface area contributed by atoms with Gasteiger partial charge in [-0.15, -0.1) is 0 Å². The van der Waals surface area contributed by atoms with E-state index >= 15 is 0 Å². The molecule has 0 aliphatic heterocycles. The van der Waals surface area contributed by atoms with Crippen LogP contribution in [0.15, 0.2) is 34.3 Å². The molecule has 0 N–H and O–H groups in total. The van der Waals surface area contributed by atoms with Gasteiger partial charge in [0, 0.05) is 14.5 Å². The second kappa shape index (κ2) is 7.92. The minimum Gasteiger partial charge on any atom is -0.244 e. The number of unbranched alkanes of at least 4 members (excludes halogenated alkanes) is 2. The normalized spacial score (nSPS) is 16.0. The summed E-state index contributed by atoms with van der Waals surface area (Å²) in [7, 11) is 0. The minimum absolute atomic E-state index is 0.953. The van der Waals surface area contributed by atoms with Gasteiger partial charge in [0.2, 0.25) is 0 Å². The molecule has 0 saturated heterocycles. The van der Waals surface area contributed by atoms with Crippen LogP contribution in [0.5, 0.6) is 0 Å². The van der Waals surface area contributed by atoms with Gasteiger partial charge >= 0.3 is 0 Å². The van der Waals surface area contributed by atoms with Crippen molar-refractivity contribution in [3.8, 4) is 0 Å². The van der Waals surface area contributed by atoms with E-state index in [0.29, 0.717) is 0 Å². The number of allylic oxidation sites excluding steroid dienone is 3. The highest BCUT2D eigenvalue weighted by Gasteiger charge is 2.29. The lowest BCUT2D eigenvalue weighted by Crippen LogP contribution is -1.96. The fourth-order valence-corrected chi connectivity index (χ4v) is 4.44. The number of para-hydroxylation sites is 2. The molecule has 0 fully saturated rings. The van der Waals surface area contributed by atoms with Gasteiger partial charge in [-0.1, -0.05) is 54.8 Å². The molecule has 1 aliphatic rings. The highest BCUT2D eigenvalue weighted by Crippen LogP contribution is 2.48. The Morgan fingerprint density at radius 1 is 0.958 bits per heavy atom. The van der Waals surface area contributed by atoms with Crippen LogP contribution >= 0.6 is 31.9 Å². The molecule has 0 bridgehead atoms. The van der Waals surface area contributed by atoms with Gasteiger partial charge in [-0.05, 0) is 59.3 Å². The number of hydrogen-bond donors (Lipinski definition) is 0. The average molecular weight is 450 g/mol. The van der Waals surface area contributed by atoms with Crippen molar-refractivity contribution >= 4 is 52.9 Å². The standard InChI is InChI=1S/C20H22Br2N2/c1-3-5-9-13-17(14(21)10-6-4-2)19-20(18(13)22)24-16-12-8-7-11-15(16)23-19/h7-8,11-12H,3-6,9-10H2,1-2H3/b17-14+. The third-order valence-electron chi connectivity index (χ3n) is 4.38. The maximum Gasteiger partial charge on any atom is 0.105 e. The number of fused-ring (bicyclic) bond motifs is 2. The van der Waals surface area contributed by atoms with Crippen molar-refractivity contribution in [2.24, 2.45) is 0 Å². The van der Waals surface area contributed by atoms with Crippen molar-refractivity contribution in [2.45, 2.75) is 52.4 Å². The summed E-state index contributed by atoms with van der Waals surface area (Å²) in [4.78, 5) is 9.84. The molecule has 2 aromatic rings. The van der Waals surface area contributed by atoms with Crippen LogP contribution in [0.1, 0.15) is 63.8 Å². The lowest BCUT2D eigenvalue weighted by Gasteiger charge is -2.10. The van der Waals surface area contributed by atoms with Crippen LogP contribution in [0.3, 0.4) is 0 Å². The Balaban J connectivity index is 2.17. The summed E-state index contributed by atoms with van der Waals surface area (Å²) in [6.45, 7) is 4.46. The first-order chi connectivity index (χ1) is 11.7. The lowest BCUT2D eigenvalue weighted by molar-refractivity contribution is 0.797. The molecule has 0 spiro atoms. The summed E-state index contributed by atoms with van der Waals surface area (Å²) >= 11 is 7.67. The first-order valence-corrected chi connectivity index (χ1v) is 10.3. The van der Waals surface area contributed by atoms with Crippen molar-refractivity contribution in [1.82, 2.24) is 9.97 Å². The molecule has 1 aromatic heterocycles. The maximum atomic E-state index is 4.95. The van der Waals surface area contributed by atoms with Crippen LogP contribution in [-0.4, -0.2) is 9.97 Å². The Morgan fingerprint density at radius 2 is 1.58 bits per heavy atom. The van der Waals surface area contributed by atoms with Gasteiger partial charge in [0.05, 0.1) is 16.7 Å². The second-order valence-electron chi connectivity index (χ2n) is 6.19. The zero-order valence-electron chi connectivity index (χ0n) is 14.2. The van der Waals surface area contributed by atoms with Crippen molar-refractivity contribution in [1.29, 1.82) is 0 Å². The van der Waals surface area contributed by atoms with Gasteiger partial charge in [-0.2, -0.15) is 0 Å². The molecule has 126 valence electrons. The van der Waals surface area contributed by atoms with Crippen molar-refractivity contribution < 1.29 is 0 Å². The number of rotatable bonds is 6. The van der Waals surface area contributed by atoms with E-state index in [4.69, 9.17) is 9.97 Å². The highest BCUT2D eigenvalue weighted by molar-refractivity contribution is 9.15. The van der Waals surface area contributed by atoms with Gasteiger partial charge in [-0.25, -0.2) is 9.97 Å². The van der Waals surface area contributed by atoms with E-state index in [2.05, 4.69) is 45.7 Å². The SMILES string of the molecule is CCCCC1=C(Br)c2nc3ccccc3nc2/C1=C(/Br)CCCC. The predicted octanol–water partition coefficient (Wildman–Crippen LogP) is 7.24. The Labute approximate surface area is 160 Å². The van der Waals surface area contributed by atoms with Gasteiger partial charge in [-0.3, -0.25) is 0 Å². The molecular formula is C20H22Br2N2. The molecule has 0 amide bonds. The van der Waals surface area contributed by atoms with Crippen LogP contribution < -0.4 is 0 Å². The van der Waals surface area contributed by atoms with Crippen molar-refractivity contribution in [3.63, 3.8) is 0 Å². The summed E-state index contributed by atoms with van der Waals surface area (Å²) in [5, 5.41) is 0. The summed E-state index contributed by atoms with van der Waals surface area (Å²) in [6.07, 6.45) is 6.84. The average Bonchev–Trinajstić information content (AvgIpc) is 2.87. The smallest absolute Gasteiger partial charge is 0.105 e. The molecule has 2 nitrogen and oxygen atoms in total. The maximum absolute atomic E-state index is 4.95. The molecule has 0 unspecified atom stereocenters. The molecule has 24 heavy (non-hydrogen) atoms. The van der Waals surface area contributed by atoms with E-state index in [1.165, 1.54) is 41.3 Å². The molecule has 0 radical (unpaired) electrons. The molecule has 1 aliphatic carbocycles. The van der Waals surface area contributed by atoms with Crippen LogP contribution in [0.25, 0.3) is 21.1 Å². The van der Waals surface area contributed by atoms with Crippen LogP contribution in [-0.2, 0) is 0 Å². The largest absolute Gasteiger partial charge is 0.244 e. The van der Waals surface area contributed by atoms with E-state index in [1.807, 2.05) is 24.3 Å². The predicted molar refractivity (Wildman–Crippen MR) is 110 cm³/mol. The van der Waals surface area contributed by atoms with E-state index in [9.17, 15) is 0 Å². The van der Waals surface area contributed by atoms with E-state index in [1.54, 1.807) is 0 Å². The second-order valence-corrected chi connectivity index (χ2v) is 7.94. The Bertz CT molecular complexity index is 821. The number of halogens is 2. The van der Waals surface area contributed by atoms with Crippen LogP contribution in [0.4, 0.5) is 0 Å². The Hall–Kier alpha value is -1.00. The molecule has 4 heteroatoms. The summed E-state index contributed by atoms with van der Waals surface area (Å²) in [5.74, 6) is 0. The molecule has 0 saturated carbocycles. The summed E-state index contributed by atoms with van der Waals surface area (Å²) in [5.41, 5.74) is 6.54. The first kappa shape index (κ1) is 17.8. The quantitative estimate of drug-likeness (QED) is 0.464. The van der Waals surface area contributed by atoms with Gasteiger partial charge in [0.25, 0.3) is 0 Å². The van der Waals surface area contributed by atoms with E-state index in [0.717, 1.165) is 39.7 Å². The molecule has 1 heterocycles. The van der Waals surface area contributed by atoms with Gasteiger partial charge < -0.3 is 0 Å². The number of benzene rings is 1. The number of nitrogens with zero attached hydrogens (tertiary/aromatic N) is 2. The third-order valence-corrected chi connectivity index (χ3v) is 6.03. The molecule has 0 atom stereocenters. The number of hydrogen-bond acceptors (Lipinski definition) is 2. The third kappa shape index (κ3) is 3.36. The molecule has 3 rings (SSSR count). The van der Waals surface area contributed by atoms with Crippen LogP contribution in [0, 0.1) is 0 Å². The van der Waals surface area contributed by atoms with Crippen molar-refractivity contribution in [3.05, 3.63) is 45.7 Å². The van der Waals surface area contributed by atoms with E-state index in [-0.39, 0.29) is 0 Å². The zero-order chi connectivity index (χ0) is 17.1. The minimum atomic E-state index is 0.953. The molecular weight excluding hydrogens is 428 g/mol. The van der Waals surface area contributed by atoms with Gasteiger partial charge in [0.15, 0.2) is 0 Å². The lowest BCUT2D eigenvalue weighted by atomic mass is 10.0. The van der Waals surface area contributed by atoms with Gasteiger partial charge in [0.1, 0.15) is 5.69 Å².